The van der Waals surface area contributed by atoms with Crippen molar-refractivity contribution in [2.45, 2.75) is 77.5 Å². The molecule has 32 heavy (non-hydrogen) atoms. The molecule has 1 fully saturated rings. The molecule has 0 bridgehead atoms. The van der Waals surface area contributed by atoms with Crippen molar-refractivity contribution in [3.63, 3.8) is 0 Å². The first kappa shape index (κ1) is 24.4. The summed E-state index contributed by atoms with van der Waals surface area (Å²) in [5.41, 5.74) is -1.29. The van der Waals surface area contributed by atoms with Crippen LogP contribution in [0.5, 0.6) is 5.75 Å². The number of rotatable bonds is 7. The van der Waals surface area contributed by atoms with Crippen molar-refractivity contribution in [2.24, 2.45) is 0 Å². The molecule has 176 valence electrons. The maximum Gasteiger partial charge on any atom is 0.496 e. The molecule has 0 aliphatic carbocycles. The van der Waals surface area contributed by atoms with Gasteiger partial charge in [-0.1, -0.05) is 32.0 Å². The number of hydroxylamine groups is 2. The lowest BCUT2D eigenvalue weighted by atomic mass is 9.80. The van der Waals surface area contributed by atoms with Crippen LogP contribution in [0.3, 0.4) is 0 Å². The van der Waals surface area contributed by atoms with Gasteiger partial charge >= 0.3 is 13.6 Å². The molecule has 1 aromatic carbocycles. The molecule has 0 radical (unpaired) electrons. The maximum atomic E-state index is 14.3. The van der Waals surface area contributed by atoms with Crippen molar-refractivity contribution < 1.29 is 23.7 Å². The average molecular weight is 466 g/mol. The van der Waals surface area contributed by atoms with Gasteiger partial charge in [0.1, 0.15) is 11.9 Å². The van der Waals surface area contributed by atoms with E-state index in [0.29, 0.717) is 18.6 Å². The summed E-state index contributed by atoms with van der Waals surface area (Å²) in [5.74, 6) is -0.165. The van der Waals surface area contributed by atoms with E-state index in [-0.39, 0.29) is 11.7 Å². The van der Waals surface area contributed by atoms with Gasteiger partial charge < -0.3 is 19.8 Å². The molecular weight excluding hydrogens is 435 g/mol. The molecule has 2 heterocycles. The van der Waals surface area contributed by atoms with E-state index in [1.54, 1.807) is 44.2 Å². The van der Waals surface area contributed by atoms with Crippen LogP contribution in [0.1, 0.15) is 66.1 Å². The van der Waals surface area contributed by atoms with Gasteiger partial charge in [0.05, 0.1) is 6.10 Å². The minimum absolute atomic E-state index is 0.231. The normalized spacial score (nSPS) is 20.8. The van der Waals surface area contributed by atoms with Gasteiger partial charge in [-0.3, -0.25) is 4.52 Å². The lowest BCUT2D eigenvalue weighted by Gasteiger charge is -2.51. The molecule has 1 saturated heterocycles. The number of benzene rings is 1. The summed E-state index contributed by atoms with van der Waals surface area (Å²) in [6, 6.07) is 8.54. The van der Waals surface area contributed by atoms with E-state index >= 15 is 0 Å². The second-order valence-corrected chi connectivity index (χ2v) is 11.4. The van der Waals surface area contributed by atoms with Crippen molar-refractivity contribution in [3.8, 4) is 5.75 Å². The summed E-state index contributed by atoms with van der Waals surface area (Å²) >= 11 is 0. The SMILES string of the molecule is CC(C)c1nc([N+](=O)[O-])cn1P(=O)(Oc1ccccc1)OC1CC(C)(C)N(O)C(C)(C)C1. The Bertz CT molecular complexity index is 1000. The molecule has 1 aliphatic heterocycles. The van der Waals surface area contributed by atoms with Gasteiger partial charge in [0, 0.05) is 17.0 Å². The number of imidazole rings is 1. The van der Waals surface area contributed by atoms with Crippen LogP contribution >= 0.6 is 7.75 Å². The quantitative estimate of drug-likeness (QED) is 0.328. The predicted octanol–water partition coefficient (Wildman–Crippen LogP) is 5.38. The fourth-order valence-corrected chi connectivity index (χ4v) is 6.14. The van der Waals surface area contributed by atoms with Gasteiger partial charge in [-0.2, -0.15) is 5.06 Å². The van der Waals surface area contributed by atoms with E-state index in [9.17, 15) is 19.9 Å². The first-order valence-corrected chi connectivity index (χ1v) is 12.0. The number of hydrogen-bond donors (Lipinski definition) is 1. The molecule has 1 aliphatic rings. The highest BCUT2D eigenvalue weighted by molar-refractivity contribution is 7.52. The van der Waals surface area contributed by atoms with Crippen molar-refractivity contribution in [1.82, 2.24) is 14.4 Å². The van der Waals surface area contributed by atoms with E-state index in [2.05, 4.69) is 4.98 Å². The number of para-hydroxylation sites is 1. The van der Waals surface area contributed by atoms with E-state index in [1.165, 1.54) is 9.40 Å². The number of nitro groups is 1. The summed E-state index contributed by atoms with van der Waals surface area (Å²) < 4.78 is 27.5. The first-order valence-electron chi connectivity index (χ1n) is 10.5. The summed E-state index contributed by atoms with van der Waals surface area (Å²) in [7, 11) is -4.16. The van der Waals surface area contributed by atoms with Crippen LogP contribution in [0, 0.1) is 10.1 Å². The zero-order chi connectivity index (χ0) is 23.9. The molecule has 10 nitrogen and oxygen atoms in total. The van der Waals surface area contributed by atoms with Crippen LogP contribution in [0.4, 0.5) is 5.82 Å². The summed E-state index contributed by atoms with van der Waals surface area (Å²) in [5, 5.41) is 23.3. The van der Waals surface area contributed by atoms with Crippen molar-refractivity contribution in [1.29, 1.82) is 0 Å². The second-order valence-electron chi connectivity index (χ2n) is 9.66. The Morgan fingerprint density at radius 2 is 1.75 bits per heavy atom. The second kappa shape index (κ2) is 8.59. The Kier molecular flexibility index (Phi) is 6.55. The van der Waals surface area contributed by atoms with Crippen LogP contribution in [0.2, 0.25) is 0 Å². The Labute approximate surface area is 187 Å². The Morgan fingerprint density at radius 1 is 1.19 bits per heavy atom. The molecule has 3 rings (SSSR count). The molecule has 1 unspecified atom stereocenters. The highest BCUT2D eigenvalue weighted by Gasteiger charge is 2.49. The molecule has 2 aromatic rings. The molecule has 11 heteroatoms. The summed E-state index contributed by atoms with van der Waals surface area (Å²) in [6.45, 7) is 11.1. The first-order chi connectivity index (χ1) is 14.7. The van der Waals surface area contributed by atoms with Crippen LogP contribution in [0.25, 0.3) is 0 Å². The van der Waals surface area contributed by atoms with Crippen molar-refractivity contribution in [3.05, 3.63) is 52.5 Å². The molecule has 0 saturated carbocycles. The minimum atomic E-state index is -4.16. The summed E-state index contributed by atoms with van der Waals surface area (Å²) in [4.78, 5) is 14.8. The largest absolute Gasteiger partial charge is 0.496 e. The Hall–Kier alpha value is -2.26. The van der Waals surface area contributed by atoms with Crippen LogP contribution < -0.4 is 4.52 Å². The van der Waals surface area contributed by atoms with Gasteiger partial charge in [-0.05, 0) is 62.6 Å². The van der Waals surface area contributed by atoms with Gasteiger partial charge in [0.15, 0.2) is 0 Å². The zero-order valence-corrected chi connectivity index (χ0v) is 20.2. The lowest BCUT2D eigenvalue weighted by Crippen LogP contribution is -2.60. The molecular formula is C21H31N4O6P. The molecule has 1 atom stereocenters. The van der Waals surface area contributed by atoms with Crippen molar-refractivity contribution >= 4 is 13.6 Å². The Balaban J connectivity index is 2.07. The van der Waals surface area contributed by atoms with E-state index in [0.717, 1.165) is 6.20 Å². The standard InChI is InChI=1S/C21H31N4O6P/c1-15(2)19-22-18(24(26)27)14-23(19)32(29,30-16-10-8-7-9-11-16)31-17-12-20(3,4)25(28)21(5,6)13-17/h7-11,14-15,17,28H,12-13H2,1-6H3. The molecule has 1 aromatic heterocycles. The van der Waals surface area contributed by atoms with E-state index in [1.807, 2.05) is 27.7 Å². The highest BCUT2D eigenvalue weighted by atomic mass is 31.2. The van der Waals surface area contributed by atoms with Crippen LogP contribution in [-0.4, -0.2) is 41.7 Å². The molecule has 0 spiro atoms. The van der Waals surface area contributed by atoms with Gasteiger partial charge in [0.2, 0.25) is 5.82 Å². The monoisotopic (exact) mass is 466 g/mol. The maximum absolute atomic E-state index is 14.3. The third kappa shape index (κ3) is 4.88. The van der Waals surface area contributed by atoms with Crippen molar-refractivity contribution in [2.75, 3.05) is 0 Å². The number of nitrogens with zero attached hydrogens (tertiary/aromatic N) is 4. The third-order valence-electron chi connectivity index (χ3n) is 5.52. The molecule has 0 amide bonds. The molecule has 1 N–H and O–H groups in total. The number of hydrogen-bond acceptors (Lipinski definition) is 8. The average Bonchev–Trinajstić information content (AvgIpc) is 3.13. The fourth-order valence-electron chi connectivity index (χ4n) is 4.22. The predicted molar refractivity (Wildman–Crippen MR) is 119 cm³/mol. The van der Waals surface area contributed by atoms with Gasteiger partial charge in [-0.15, -0.1) is 0 Å². The minimum Gasteiger partial charge on any atom is -0.409 e. The summed E-state index contributed by atoms with van der Waals surface area (Å²) in [6.07, 6.45) is 1.32. The van der Waals surface area contributed by atoms with Gasteiger partial charge in [0.25, 0.3) is 0 Å². The highest BCUT2D eigenvalue weighted by Crippen LogP contribution is 2.55. The Morgan fingerprint density at radius 3 is 2.25 bits per heavy atom. The smallest absolute Gasteiger partial charge is 0.409 e. The van der Waals surface area contributed by atoms with Crippen LogP contribution in [0.15, 0.2) is 36.5 Å². The van der Waals surface area contributed by atoms with Gasteiger partial charge in [-0.25, -0.2) is 8.90 Å². The van der Waals surface area contributed by atoms with E-state index in [4.69, 9.17) is 9.05 Å². The number of piperidine rings is 1. The van der Waals surface area contributed by atoms with E-state index < -0.39 is 35.7 Å². The van der Waals surface area contributed by atoms with Crippen LogP contribution in [-0.2, 0) is 9.09 Å². The zero-order valence-electron chi connectivity index (χ0n) is 19.3. The lowest BCUT2D eigenvalue weighted by molar-refractivity contribution is -0.389. The topological polar surface area (TPSA) is 120 Å². The fraction of sp³-hybridized carbons (Fsp3) is 0.571. The third-order valence-corrected chi connectivity index (χ3v) is 7.37. The number of aromatic nitrogens is 2.